The minimum Gasteiger partial charge on any atom is -0.481 e. The molecule has 0 aliphatic rings. The van der Waals surface area contributed by atoms with Gasteiger partial charge in [0.05, 0.1) is 13.0 Å². The third-order valence-electron chi connectivity index (χ3n) is 1.19. The van der Waals surface area contributed by atoms with E-state index in [1.807, 2.05) is 0 Å². The topological polar surface area (TPSA) is 60.8 Å². The summed E-state index contributed by atoms with van der Waals surface area (Å²) in [5.41, 5.74) is 0. The second kappa shape index (κ2) is 5.20. The van der Waals surface area contributed by atoms with E-state index in [4.69, 9.17) is 10.2 Å². The molecule has 0 saturated heterocycles. The van der Waals surface area contributed by atoms with Crippen molar-refractivity contribution in [2.75, 3.05) is 26.7 Å². The molecule has 0 aromatic heterocycles. The molecule has 0 fully saturated rings. The molecule has 0 aromatic rings. The number of aliphatic hydroxyl groups excluding tert-OH is 1. The van der Waals surface area contributed by atoms with Gasteiger partial charge in [0.15, 0.2) is 0 Å². The average Bonchev–Trinajstić information content (AvgIpc) is 1.85. The molecule has 0 rings (SSSR count). The van der Waals surface area contributed by atoms with Gasteiger partial charge in [-0.1, -0.05) is 0 Å². The van der Waals surface area contributed by atoms with Crippen LogP contribution in [0.3, 0.4) is 0 Å². The molecule has 0 spiro atoms. The highest BCUT2D eigenvalue weighted by molar-refractivity contribution is 5.66. The highest BCUT2D eigenvalue weighted by atomic mass is 16.4. The molecule has 0 aromatic carbocycles. The molecule has 0 saturated carbocycles. The summed E-state index contributed by atoms with van der Waals surface area (Å²) in [5, 5.41) is 16.7. The van der Waals surface area contributed by atoms with Gasteiger partial charge in [-0.25, -0.2) is 0 Å². The van der Waals surface area contributed by atoms with Crippen molar-refractivity contribution in [2.24, 2.45) is 0 Å². The minimum absolute atomic E-state index is 0.0795. The van der Waals surface area contributed by atoms with Crippen LogP contribution in [0.25, 0.3) is 0 Å². The van der Waals surface area contributed by atoms with Gasteiger partial charge >= 0.3 is 5.97 Å². The molecule has 2 N–H and O–H groups in total. The molecule has 0 unspecified atom stereocenters. The van der Waals surface area contributed by atoms with E-state index in [0.717, 1.165) is 0 Å². The van der Waals surface area contributed by atoms with Gasteiger partial charge in [-0.2, -0.15) is 0 Å². The first-order valence-corrected chi connectivity index (χ1v) is 3.18. The highest BCUT2D eigenvalue weighted by Gasteiger charge is 2.00. The fourth-order valence-corrected chi connectivity index (χ4v) is 0.569. The van der Waals surface area contributed by atoms with Gasteiger partial charge in [0.2, 0.25) is 0 Å². The molecule has 4 heteroatoms. The van der Waals surface area contributed by atoms with E-state index >= 15 is 0 Å². The summed E-state index contributed by atoms with van der Waals surface area (Å²) in [7, 11) is 1.78. The smallest absolute Gasteiger partial charge is 0.304 e. The Labute approximate surface area is 60.1 Å². The number of likely N-dealkylation sites (N-methyl/N-ethyl adjacent to an activating group) is 1. The maximum Gasteiger partial charge on any atom is 0.304 e. The number of aliphatic carboxylic acids is 1. The van der Waals surface area contributed by atoms with Gasteiger partial charge in [-0.3, -0.25) is 4.79 Å². The fraction of sp³-hybridized carbons (Fsp3) is 0.833. The molecule has 4 nitrogen and oxygen atoms in total. The zero-order valence-electron chi connectivity index (χ0n) is 6.08. The molecule has 0 atom stereocenters. The van der Waals surface area contributed by atoms with E-state index in [1.165, 1.54) is 0 Å². The third-order valence-corrected chi connectivity index (χ3v) is 1.19. The van der Waals surface area contributed by atoms with Crippen molar-refractivity contribution in [3.63, 3.8) is 0 Å². The van der Waals surface area contributed by atoms with E-state index in [2.05, 4.69) is 0 Å². The predicted molar refractivity (Wildman–Crippen MR) is 36.8 cm³/mol. The fourth-order valence-electron chi connectivity index (χ4n) is 0.569. The normalized spacial score (nSPS) is 10.3. The standard InChI is InChI=1S/C6H13NO3/c1-7(4-5-8)3-2-6(9)10/h8H,2-5H2,1H3,(H,9,10). The first-order valence-electron chi connectivity index (χ1n) is 3.18. The van der Waals surface area contributed by atoms with Crippen LogP contribution in [0.2, 0.25) is 0 Å². The first kappa shape index (κ1) is 9.39. The van der Waals surface area contributed by atoms with Gasteiger partial charge in [0, 0.05) is 13.1 Å². The lowest BCUT2D eigenvalue weighted by Crippen LogP contribution is -2.24. The zero-order valence-corrected chi connectivity index (χ0v) is 6.08. The van der Waals surface area contributed by atoms with Crippen molar-refractivity contribution in [2.45, 2.75) is 6.42 Å². The molecule has 60 valence electrons. The molecule has 0 bridgehead atoms. The number of carboxylic acids is 1. The molecule has 0 radical (unpaired) electrons. The Morgan fingerprint density at radius 2 is 2.10 bits per heavy atom. The largest absolute Gasteiger partial charge is 0.481 e. The van der Waals surface area contributed by atoms with Crippen molar-refractivity contribution >= 4 is 5.97 Å². The van der Waals surface area contributed by atoms with Gasteiger partial charge in [0.1, 0.15) is 0 Å². The Balaban J connectivity index is 3.21. The Kier molecular flexibility index (Phi) is 4.88. The number of carboxylic acid groups (broad SMARTS) is 1. The molecular weight excluding hydrogens is 134 g/mol. The summed E-state index contributed by atoms with van der Waals surface area (Å²) in [4.78, 5) is 11.8. The monoisotopic (exact) mass is 147 g/mol. The van der Waals surface area contributed by atoms with Crippen LogP contribution >= 0.6 is 0 Å². The number of nitrogens with zero attached hydrogens (tertiary/aromatic N) is 1. The quantitative estimate of drug-likeness (QED) is 0.544. The van der Waals surface area contributed by atoms with Crippen molar-refractivity contribution in [3.05, 3.63) is 0 Å². The van der Waals surface area contributed by atoms with E-state index in [9.17, 15) is 4.79 Å². The Morgan fingerprint density at radius 1 is 1.50 bits per heavy atom. The van der Waals surface area contributed by atoms with Crippen molar-refractivity contribution < 1.29 is 15.0 Å². The van der Waals surface area contributed by atoms with Crippen LogP contribution in [0.4, 0.5) is 0 Å². The van der Waals surface area contributed by atoms with Crippen molar-refractivity contribution in [1.82, 2.24) is 4.90 Å². The second-order valence-corrected chi connectivity index (χ2v) is 2.17. The van der Waals surface area contributed by atoms with Crippen LogP contribution in [0.5, 0.6) is 0 Å². The summed E-state index contributed by atoms with van der Waals surface area (Å²) < 4.78 is 0. The molecular formula is C6H13NO3. The predicted octanol–water partition coefficient (Wildman–Crippen LogP) is -0.615. The molecule has 0 heterocycles. The lowest BCUT2D eigenvalue weighted by molar-refractivity contribution is -0.137. The maximum atomic E-state index is 10.0. The Morgan fingerprint density at radius 3 is 2.50 bits per heavy atom. The zero-order chi connectivity index (χ0) is 7.98. The van der Waals surface area contributed by atoms with Crippen LogP contribution in [0.1, 0.15) is 6.42 Å². The van der Waals surface area contributed by atoms with Crippen LogP contribution < -0.4 is 0 Å². The van der Waals surface area contributed by atoms with Gasteiger partial charge in [0.25, 0.3) is 0 Å². The lowest BCUT2D eigenvalue weighted by Gasteiger charge is -2.12. The number of hydrogen-bond donors (Lipinski definition) is 2. The number of carbonyl (C=O) groups is 1. The van der Waals surface area contributed by atoms with Gasteiger partial charge in [-0.15, -0.1) is 0 Å². The van der Waals surface area contributed by atoms with Crippen molar-refractivity contribution in [3.8, 4) is 0 Å². The summed E-state index contributed by atoms with van der Waals surface area (Å²) in [6.45, 7) is 1.11. The lowest BCUT2D eigenvalue weighted by atomic mass is 10.4. The average molecular weight is 147 g/mol. The minimum atomic E-state index is -0.801. The number of hydrogen-bond acceptors (Lipinski definition) is 3. The Hall–Kier alpha value is -0.610. The number of rotatable bonds is 5. The van der Waals surface area contributed by atoms with Crippen molar-refractivity contribution in [1.29, 1.82) is 0 Å². The molecule has 0 aliphatic carbocycles. The van der Waals surface area contributed by atoms with Crippen LogP contribution in [-0.2, 0) is 4.79 Å². The summed E-state index contributed by atoms with van der Waals surface area (Å²) >= 11 is 0. The Bertz CT molecular complexity index is 105. The van der Waals surface area contributed by atoms with E-state index in [-0.39, 0.29) is 13.0 Å². The second-order valence-electron chi connectivity index (χ2n) is 2.17. The van der Waals surface area contributed by atoms with E-state index in [0.29, 0.717) is 13.1 Å². The highest BCUT2D eigenvalue weighted by Crippen LogP contribution is 1.85. The van der Waals surface area contributed by atoms with E-state index < -0.39 is 5.97 Å². The first-order chi connectivity index (χ1) is 4.66. The third kappa shape index (κ3) is 5.53. The van der Waals surface area contributed by atoms with E-state index in [1.54, 1.807) is 11.9 Å². The van der Waals surface area contributed by atoms with Gasteiger partial charge < -0.3 is 15.1 Å². The molecule has 10 heavy (non-hydrogen) atoms. The molecule has 0 aliphatic heterocycles. The summed E-state index contributed by atoms with van der Waals surface area (Å²) in [6.07, 6.45) is 0.135. The SMILES string of the molecule is CN(CCO)CCC(=O)O. The maximum absolute atomic E-state index is 10.0. The summed E-state index contributed by atoms with van der Waals surface area (Å²) in [5.74, 6) is -0.801. The van der Waals surface area contributed by atoms with Crippen LogP contribution in [-0.4, -0.2) is 47.8 Å². The van der Waals surface area contributed by atoms with Crippen LogP contribution in [0.15, 0.2) is 0 Å². The summed E-state index contributed by atoms with van der Waals surface area (Å²) in [6, 6.07) is 0. The molecule has 0 amide bonds. The van der Waals surface area contributed by atoms with Crippen LogP contribution in [0, 0.1) is 0 Å². The number of aliphatic hydroxyl groups is 1. The van der Waals surface area contributed by atoms with Gasteiger partial charge in [-0.05, 0) is 7.05 Å².